The van der Waals surface area contributed by atoms with Crippen LogP contribution in [-0.2, 0) is 0 Å². The third kappa shape index (κ3) is 2.59. The summed E-state index contributed by atoms with van der Waals surface area (Å²) in [5.74, 6) is 0.252. The smallest absolute Gasteiger partial charge is 0.337 e. The van der Waals surface area contributed by atoms with Gasteiger partial charge in [-0.3, -0.25) is 10.1 Å². The summed E-state index contributed by atoms with van der Waals surface area (Å²) in [6.45, 7) is 6.32. The number of nitro groups is 1. The molecule has 6 nitrogen and oxygen atoms in total. The van der Waals surface area contributed by atoms with Crippen LogP contribution in [0.2, 0.25) is 0 Å². The molecule has 2 rings (SSSR count). The molecule has 0 amide bonds. The van der Waals surface area contributed by atoms with Crippen LogP contribution < -0.4 is 5.32 Å². The minimum absolute atomic E-state index is 0.0821. The SMILES string of the molecule is CCNc1ncnc(-c2ccc(C)cc2C)c1[N+](=O)[O-]. The van der Waals surface area contributed by atoms with Gasteiger partial charge in [-0.25, -0.2) is 9.97 Å². The van der Waals surface area contributed by atoms with E-state index in [0.29, 0.717) is 12.2 Å². The molecule has 0 radical (unpaired) electrons. The van der Waals surface area contributed by atoms with Crippen LogP contribution >= 0.6 is 0 Å². The van der Waals surface area contributed by atoms with Gasteiger partial charge in [0.05, 0.1) is 4.92 Å². The number of anilines is 1. The lowest BCUT2D eigenvalue weighted by Gasteiger charge is -2.09. The zero-order valence-electron chi connectivity index (χ0n) is 11.7. The number of aryl methyl sites for hydroxylation is 2. The van der Waals surface area contributed by atoms with E-state index in [9.17, 15) is 10.1 Å². The van der Waals surface area contributed by atoms with Gasteiger partial charge in [-0.1, -0.05) is 23.8 Å². The minimum Gasteiger partial charge on any atom is -0.365 e. The van der Waals surface area contributed by atoms with Crippen LogP contribution in [0.4, 0.5) is 11.5 Å². The number of benzene rings is 1. The van der Waals surface area contributed by atoms with Gasteiger partial charge in [0.2, 0.25) is 5.82 Å². The summed E-state index contributed by atoms with van der Waals surface area (Å²) in [6.07, 6.45) is 1.35. The monoisotopic (exact) mass is 272 g/mol. The Bertz CT molecular complexity index is 656. The van der Waals surface area contributed by atoms with E-state index in [2.05, 4.69) is 15.3 Å². The van der Waals surface area contributed by atoms with E-state index in [1.807, 2.05) is 39.0 Å². The molecule has 0 aliphatic rings. The lowest BCUT2D eigenvalue weighted by atomic mass is 10.0. The van der Waals surface area contributed by atoms with Crippen molar-refractivity contribution in [2.45, 2.75) is 20.8 Å². The van der Waals surface area contributed by atoms with Gasteiger partial charge in [-0.2, -0.15) is 0 Å². The van der Waals surface area contributed by atoms with Crippen molar-refractivity contribution in [1.82, 2.24) is 9.97 Å². The van der Waals surface area contributed by atoms with E-state index < -0.39 is 4.92 Å². The van der Waals surface area contributed by atoms with Gasteiger partial charge in [0.1, 0.15) is 6.33 Å². The summed E-state index contributed by atoms with van der Waals surface area (Å²) in [5, 5.41) is 14.3. The lowest BCUT2D eigenvalue weighted by Crippen LogP contribution is -2.06. The van der Waals surface area contributed by atoms with Crippen LogP contribution in [0.15, 0.2) is 24.5 Å². The molecule has 1 heterocycles. The number of hydrogen-bond donors (Lipinski definition) is 1. The predicted octanol–water partition coefficient (Wildman–Crippen LogP) is 3.10. The second kappa shape index (κ2) is 5.64. The maximum atomic E-state index is 11.4. The molecule has 0 unspecified atom stereocenters. The second-order valence-corrected chi connectivity index (χ2v) is 4.53. The molecule has 2 aromatic rings. The number of nitrogens with zero attached hydrogens (tertiary/aromatic N) is 3. The van der Waals surface area contributed by atoms with Crippen molar-refractivity contribution in [3.05, 3.63) is 45.8 Å². The molecule has 0 saturated heterocycles. The molecule has 0 fully saturated rings. The third-order valence-corrected chi connectivity index (χ3v) is 2.99. The molecule has 1 aromatic heterocycles. The van der Waals surface area contributed by atoms with Gasteiger partial charge in [0.25, 0.3) is 0 Å². The van der Waals surface area contributed by atoms with Crippen LogP contribution in [0.3, 0.4) is 0 Å². The van der Waals surface area contributed by atoms with Gasteiger partial charge in [0.15, 0.2) is 5.69 Å². The predicted molar refractivity (Wildman–Crippen MR) is 77.8 cm³/mol. The van der Waals surface area contributed by atoms with Crippen LogP contribution in [0.5, 0.6) is 0 Å². The molecule has 0 saturated carbocycles. The first kappa shape index (κ1) is 13.9. The van der Waals surface area contributed by atoms with Crippen LogP contribution in [-0.4, -0.2) is 21.4 Å². The standard InChI is InChI=1S/C14H16N4O2/c1-4-15-14-13(18(19)20)12(16-8-17-14)11-6-5-9(2)7-10(11)3/h5-8H,4H2,1-3H3,(H,15,16,17). The van der Waals surface area contributed by atoms with Gasteiger partial charge in [-0.05, 0) is 26.3 Å². The molecular formula is C14H16N4O2. The molecule has 0 aliphatic carbocycles. The molecule has 0 aliphatic heterocycles. The Hall–Kier alpha value is -2.50. The fourth-order valence-corrected chi connectivity index (χ4v) is 2.12. The molecule has 6 heteroatoms. The zero-order valence-corrected chi connectivity index (χ0v) is 11.7. The molecule has 0 bridgehead atoms. The fourth-order valence-electron chi connectivity index (χ4n) is 2.12. The Balaban J connectivity index is 2.67. The summed E-state index contributed by atoms with van der Waals surface area (Å²) < 4.78 is 0. The normalized spacial score (nSPS) is 10.3. The van der Waals surface area contributed by atoms with Crippen molar-refractivity contribution in [2.75, 3.05) is 11.9 Å². The first-order valence-corrected chi connectivity index (χ1v) is 6.35. The summed E-state index contributed by atoms with van der Waals surface area (Å²) in [4.78, 5) is 19.0. The highest BCUT2D eigenvalue weighted by atomic mass is 16.6. The van der Waals surface area contributed by atoms with Gasteiger partial charge >= 0.3 is 5.69 Å². The first-order valence-electron chi connectivity index (χ1n) is 6.35. The zero-order chi connectivity index (χ0) is 14.7. The maximum absolute atomic E-state index is 11.4. The second-order valence-electron chi connectivity index (χ2n) is 4.53. The molecule has 0 atom stereocenters. The van der Waals surface area contributed by atoms with Crippen molar-refractivity contribution in [2.24, 2.45) is 0 Å². The Kier molecular flexibility index (Phi) is 3.93. The summed E-state index contributed by atoms with van der Waals surface area (Å²) in [5.41, 5.74) is 3.08. The molecule has 1 N–H and O–H groups in total. The Morgan fingerprint density at radius 3 is 2.65 bits per heavy atom. The van der Waals surface area contributed by atoms with Crippen molar-refractivity contribution in [1.29, 1.82) is 0 Å². The summed E-state index contributed by atoms with van der Waals surface area (Å²) in [6, 6.07) is 5.75. The molecule has 20 heavy (non-hydrogen) atoms. The van der Waals surface area contributed by atoms with E-state index in [0.717, 1.165) is 16.7 Å². The van der Waals surface area contributed by atoms with E-state index in [1.165, 1.54) is 6.33 Å². The Labute approximate surface area is 117 Å². The van der Waals surface area contributed by atoms with E-state index in [1.54, 1.807) is 0 Å². The summed E-state index contributed by atoms with van der Waals surface area (Å²) >= 11 is 0. The van der Waals surface area contributed by atoms with Crippen LogP contribution in [0, 0.1) is 24.0 Å². The molecule has 1 aromatic carbocycles. The number of hydrogen-bond acceptors (Lipinski definition) is 5. The molecule has 0 spiro atoms. The minimum atomic E-state index is -0.438. The van der Waals surface area contributed by atoms with Crippen molar-refractivity contribution in [3.8, 4) is 11.3 Å². The Morgan fingerprint density at radius 1 is 1.30 bits per heavy atom. The van der Waals surface area contributed by atoms with Crippen LogP contribution in [0.1, 0.15) is 18.1 Å². The van der Waals surface area contributed by atoms with Gasteiger partial charge < -0.3 is 5.32 Å². The highest BCUT2D eigenvalue weighted by molar-refractivity contribution is 5.78. The first-order chi connectivity index (χ1) is 9.54. The number of aromatic nitrogens is 2. The van der Waals surface area contributed by atoms with Crippen molar-refractivity contribution >= 4 is 11.5 Å². The number of rotatable bonds is 4. The molecular weight excluding hydrogens is 256 g/mol. The summed E-state index contributed by atoms with van der Waals surface area (Å²) in [7, 11) is 0. The quantitative estimate of drug-likeness (QED) is 0.683. The van der Waals surface area contributed by atoms with E-state index in [4.69, 9.17) is 0 Å². The lowest BCUT2D eigenvalue weighted by molar-refractivity contribution is -0.383. The highest BCUT2D eigenvalue weighted by Gasteiger charge is 2.24. The third-order valence-electron chi connectivity index (χ3n) is 2.99. The number of nitrogens with one attached hydrogen (secondary N) is 1. The maximum Gasteiger partial charge on any atom is 0.337 e. The van der Waals surface area contributed by atoms with Crippen LogP contribution in [0.25, 0.3) is 11.3 Å². The van der Waals surface area contributed by atoms with E-state index in [-0.39, 0.29) is 11.5 Å². The van der Waals surface area contributed by atoms with Crippen molar-refractivity contribution in [3.63, 3.8) is 0 Å². The topological polar surface area (TPSA) is 81.0 Å². The van der Waals surface area contributed by atoms with Gasteiger partial charge in [0, 0.05) is 12.1 Å². The average Bonchev–Trinajstić information content (AvgIpc) is 2.38. The average molecular weight is 272 g/mol. The van der Waals surface area contributed by atoms with Crippen molar-refractivity contribution < 1.29 is 4.92 Å². The molecule has 104 valence electrons. The van der Waals surface area contributed by atoms with Gasteiger partial charge in [-0.15, -0.1) is 0 Å². The fraction of sp³-hybridized carbons (Fsp3) is 0.286. The van der Waals surface area contributed by atoms with E-state index >= 15 is 0 Å². The highest BCUT2D eigenvalue weighted by Crippen LogP contribution is 2.34. The largest absolute Gasteiger partial charge is 0.365 e. The Morgan fingerprint density at radius 2 is 2.05 bits per heavy atom.